The fourth-order valence-electron chi connectivity index (χ4n) is 6.95. The largest absolute Gasteiger partial charge is 0.203 e. The fraction of sp³-hybridized carbons (Fsp3) is 0.500. The quantitative estimate of drug-likeness (QED) is 0.226. The lowest BCUT2D eigenvalue weighted by molar-refractivity contribution is 0.190. The molecule has 0 aromatic heterocycles. The summed E-state index contributed by atoms with van der Waals surface area (Å²) in [6.07, 6.45) is 15.6. The molecule has 1 atom stereocenters. The molecule has 2 aromatic carbocycles. The molecule has 0 aliphatic heterocycles. The normalized spacial score (nSPS) is 23.2. The second-order valence-electron chi connectivity index (χ2n) is 11.1. The maximum atomic E-state index is 15.4. The van der Waals surface area contributed by atoms with Gasteiger partial charge in [0.05, 0.1) is 0 Å². The van der Waals surface area contributed by atoms with Crippen LogP contribution in [-0.4, -0.2) is 0 Å². The van der Waals surface area contributed by atoms with Crippen LogP contribution in [0.2, 0.25) is 0 Å². The Kier molecular flexibility index (Phi) is 7.42. The van der Waals surface area contributed by atoms with Gasteiger partial charge in [-0.3, -0.25) is 0 Å². The van der Waals surface area contributed by atoms with Crippen molar-refractivity contribution in [2.75, 3.05) is 0 Å². The van der Waals surface area contributed by atoms with E-state index < -0.39 is 23.3 Å². The molecule has 0 radical (unpaired) electrons. The van der Waals surface area contributed by atoms with Crippen molar-refractivity contribution in [1.29, 1.82) is 0 Å². The van der Waals surface area contributed by atoms with Crippen LogP contribution < -0.4 is 0 Å². The van der Waals surface area contributed by atoms with Gasteiger partial charge in [-0.05, 0) is 104 Å². The second kappa shape index (κ2) is 10.6. The summed E-state index contributed by atoms with van der Waals surface area (Å²) in [6.45, 7) is 5.74. The Balaban J connectivity index is 1.35. The molecule has 0 amide bonds. The van der Waals surface area contributed by atoms with Gasteiger partial charge in [0.1, 0.15) is 0 Å². The van der Waals surface area contributed by atoms with Crippen molar-refractivity contribution < 1.29 is 17.6 Å². The van der Waals surface area contributed by atoms with Gasteiger partial charge >= 0.3 is 0 Å². The van der Waals surface area contributed by atoms with Crippen molar-refractivity contribution in [2.45, 2.75) is 84.0 Å². The SMILES string of the molecule is C=CCCC1CCC(C2CC=C(c3cc4c(c(F)c3F)-c3c(cc(CCC)c(F)c3F)C4)CC2)CC1. The van der Waals surface area contributed by atoms with E-state index in [0.29, 0.717) is 53.4 Å². The molecule has 3 aliphatic carbocycles. The minimum atomic E-state index is -1.06. The Morgan fingerprint density at radius 3 is 2.19 bits per heavy atom. The Bertz CT molecular complexity index is 1180. The van der Waals surface area contributed by atoms with E-state index in [2.05, 4.69) is 12.7 Å². The highest BCUT2D eigenvalue weighted by molar-refractivity contribution is 5.81. The summed E-state index contributed by atoms with van der Waals surface area (Å²) >= 11 is 0. The first-order chi connectivity index (χ1) is 17.4. The third kappa shape index (κ3) is 4.57. The molecule has 1 fully saturated rings. The summed E-state index contributed by atoms with van der Waals surface area (Å²) in [5.41, 5.74) is 2.33. The summed E-state index contributed by atoms with van der Waals surface area (Å²) in [5.74, 6) is -1.85. The van der Waals surface area contributed by atoms with Crippen LogP contribution in [0.4, 0.5) is 17.6 Å². The molecule has 0 bridgehead atoms. The van der Waals surface area contributed by atoms with E-state index in [0.717, 1.165) is 37.2 Å². The molecular formula is C32H36F4. The Hall–Kier alpha value is -2.36. The monoisotopic (exact) mass is 496 g/mol. The number of hydrogen-bond donors (Lipinski definition) is 0. The van der Waals surface area contributed by atoms with Gasteiger partial charge in [0.25, 0.3) is 0 Å². The molecule has 36 heavy (non-hydrogen) atoms. The summed E-state index contributed by atoms with van der Waals surface area (Å²) < 4.78 is 60.2. The molecule has 1 saturated carbocycles. The van der Waals surface area contributed by atoms with Gasteiger partial charge in [-0.2, -0.15) is 0 Å². The number of allylic oxidation sites excluding steroid dienone is 3. The van der Waals surface area contributed by atoms with Crippen LogP contribution in [0.15, 0.2) is 30.9 Å². The lowest BCUT2D eigenvalue weighted by atomic mass is 9.70. The predicted octanol–water partition coefficient (Wildman–Crippen LogP) is 9.72. The van der Waals surface area contributed by atoms with Gasteiger partial charge in [-0.15, -0.1) is 6.58 Å². The third-order valence-electron chi connectivity index (χ3n) is 8.94. The molecule has 0 spiro atoms. The molecule has 0 heterocycles. The smallest absolute Gasteiger partial charge is 0.167 e. The van der Waals surface area contributed by atoms with Crippen molar-refractivity contribution in [3.8, 4) is 11.1 Å². The summed E-state index contributed by atoms with van der Waals surface area (Å²) in [7, 11) is 0. The first-order valence-electron chi connectivity index (χ1n) is 13.7. The first-order valence-corrected chi connectivity index (χ1v) is 13.7. The van der Waals surface area contributed by atoms with Crippen LogP contribution in [0.1, 0.15) is 93.4 Å². The van der Waals surface area contributed by atoms with Crippen molar-refractivity contribution >= 4 is 5.57 Å². The van der Waals surface area contributed by atoms with E-state index in [4.69, 9.17) is 0 Å². The zero-order chi connectivity index (χ0) is 25.4. The van der Waals surface area contributed by atoms with E-state index in [1.807, 2.05) is 13.0 Å². The van der Waals surface area contributed by atoms with Crippen LogP contribution in [0.5, 0.6) is 0 Å². The van der Waals surface area contributed by atoms with E-state index in [1.54, 1.807) is 12.1 Å². The van der Waals surface area contributed by atoms with Crippen molar-refractivity contribution in [3.05, 3.63) is 76.4 Å². The summed E-state index contributed by atoms with van der Waals surface area (Å²) in [6, 6.07) is 3.31. The molecule has 5 rings (SSSR count). The maximum absolute atomic E-state index is 15.4. The molecule has 1 unspecified atom stereocenters. The number of hydrogen-bond acceptors (Lipinski definition) is 0. The van der Waals surface area contributed by atoms with Gasteiger partial charge in [0, 0.05) is 16.7 Å². The predicted molar refractivity (Wildman–Crippen MR) is 139 cm³/mol. The fourth-order valence-corrected chi connectivity index (χ4v) is 6.95. The molecule has 0 N–H and O–H groups in total. The average molecular weight is 497 g/mol. The zero-order valence-electron chi connectivity index (χ0n) is 21.2. The zero-order valence-corrected chi connectivity index (χ0v) is 21.2. The molecule has 2 aromatic rings. The Morgan fingerprint density at radius 2 is 1.56 bits per heavy atom. The number of halogens is 4. The van der Waals surface area contributed by atoms with E-state index in [1.165, 1.54) is 32.1 Å². The van der Waals surface area contributed by atoms with Crippen LogP contribution in [0.25, 0.3) is 16.7 Å². The Morgan fingerprint density at radius 1 is 0.861 bits per heavy atom. The van der Waals surface area contributed by atoms with E-state index in [-0.39, 0.29) is 11.1 Å². The van der Waals surface area contributed by atoms with E-state index >= 15 is 8.78 Å². The summed E-state index contributed by atoms with van der Waals surface area (Å²) in [5, 5.41) is 0. The highest BCUT2D eigenvalue weighted by Crippen LogP contribution is 2.46. The Labute approximate surface area is 212 Å². The molecular weight excluding hydrogens is 460 g/mol. The second-order valence-corrected chi connectivity index (χ2v) is 11.1. The number of rotatable bonds is 7. The lowest BCUT2D eigenvalue weighted by Crippen LogP contribution is -2.23. The summed E-state index contributed by atoms with van der Waals surface area (Å²) in [4.78, 5) is 0. The van der Waals surface area contributed by atoms with E-state index in [9.17, 15) is 8.78 Å². The average Bonchev–Trinajstić information content (AvgIpc) is 3.27. The van der Waals surface area contributed by atoms with Gasteiger partial charge in [0.15, 0.2) is 23.3 Å². The third-order valence-corrected chi connectivity index (χ3v) is 8.94. The highest BCUT2D eigenvalue weighted by Gasteiger charge is 2.34. The van der Waals surface area contributed by atoms with Gasteiger partial charge in [0.2, 0.25) is 0 Å². The first kappa shape index (κ1) is 25.3. The van der Waals surface area contributed by atoms with Crippen LogP contribution in [0.3, 0.4) is 0 Å². The van der Waals surface area contributed by atoms with Gasteiger partial charge in [-0.1, -0.05) is 44.4 Å². The lowest BCUT2D eigenvalue weighted by Gasteiger charge is -2.35. The molecule has 0 nitrogen and oxygen atoms in total. The van der Waals surface area contributed by atoms with Crippen LogP contribution >= 0.6 is 0 Å². The van der Waals surface area contributed by atoms with Crippen molar-refractivity contribution in [1.82, 2.24) is 0 Å². The van der Waals surface area contributed by atoms with Crippen LogP contribution in [-0.2, 0) is 12.8 Å². The van der Waals surface area contributed by atoms with Gasteiger partial charge in [-0.25, -0.2) is 17.6 Å². The molecule has 3 aliphatic rings. The number of aryl methyl sites for hydroxylation is 1. The topological polar surface area (TPSA) is 0 Å². The molecule has 192 valence electrons. The minimum Gasteiger partial charge on any atom is -0.203 e. The number of benzene rings is 2. The highest BCUT2D eigenvalue weighted by atomic mass is 19.2. The van der Waals surface area contributed by atoms with Crippen molar-refractivity contribution in [3.63, 3.8) is 0 Å². The maximum Gasteiger partial charge on any atom is 0.167 e. The van der Waals surface area contributed by atoms with Gasteiger partial charge < -0.3 is 0 Å². The molecule has 4 heteroatoms. The van der Waals surface area contributed by atoms with Crippen molar-refractivity contribution in [2.24, 2.45) is 17.8 Å². The number of fused-ring (bicyclic) bond motifs is 3. The minimum absolute atomic E-state index is 0.104. The standard InChI is InChI=1S/C32H36F4/c1-3-5-7-19-8-10-20(11-9-19)21-12-14-22(15-13-21)26-18-25-17-24-16-23(6-4-2)29(33)31(35)27(24)28(25)32(36)30(26)34/h3,14,16,18-21H,1,4-13,15,17H2,2H3. The van der Waals surface area contributed by atoms with Crippen LogP contribution in [0, 0.1) is 41.0 Å². The molecule has 0 saturated heterocycles.